The van der Waals surface area contributed by atoms with Crippen LogP contribution in [0.2, 0.25) is 0 Å². The van der Waals surface area contributed by atoms with Crippen LogP contribution in [-0.4, -0.2) is 26.7 Å². The van der Waals surface area contributed by atoms with Crippen LogP contribution < -0.4 is 4.90 Å². The summed E-state index contributed by atoms with van der Waals surface area (Å²) in [7, 11) is 0. The summed E-state index contributed by atoms with van der Waals surface area (Å²) in [6.45, 7) is 8.41. The Balaban J connectivity index is 1.76. The average Bonchev–Trinajstić information content (AvgIpc) is 3.03. The van der Waals surface area contributed by atoms with Gasteiger partial charge in [0.05, 0.1) is 5.69 Å². The monoisotopic (exact) mass is 382 g/mol. The minimum absolute atomic E-state index is 0.0579. The first kappa shape index (κ1) is 17.6. The molecule has 1 amide bonds. The second kappa shape index (κ2) is 6.10. The standard InChI is InChI=1S/C21H22N2OS2/c1-13-5-9-15(10-6-13)19-23-17(21(3,4)26-19)18(24)22(20(23)25)16-11-7-14(2)8-12-16/h5-12,17,19H,1-4H3/t17-,19+/m0/s1. The molecule has 0 radical (unpaired) electrons. The van der Waals surface area contributed by atoms with Gasteiger partial charge in [-0.05, 0) is 57.6 Å². The second-order valence-corrected chi connectivity index (χ2v) is 9.69. The van der Waals surface area contributed by atoms with E-state index in [1.165, 1.54) is 16.7 Å². The SMILES string of the molecule is Cc1ccc([C@H]2SC(C)(C)[C@@H]3C(=O)N(c4ccc(C)cc4)C(=S)N23)cc1. The Morgan fingerprint density at radius 1 is 0.962 bits per heavy atom. The highest BCUT2D eigenvalue weighted by Crippen LogP contribution is 2.55. The quantitative estimate of drug-likeness (QED) is 0.694. The lowest BCUT2D eigenvalue weighted by molar-refractivity contribution is -0.120. The van der Waals surface area contributed by atoms with Gasteiger partial charge in [-0.1, -0.05) is 47.5 Å². The van der Waals surface area contributed by atoms with Gasteiger partial charge in [-0.15, -0.1) is 11.8 Å². The number of anilines is 1. The smallest absolute Gasteiger partial charge is 0.257 e. The molecule has 2 aliphatic rings. The molecule has 0 saturated carbocycles. The summed E-state index contributed by atoms with van der Waals surface area (Å²) in [5.41, 5.74) is 4.44. The van der Waals surface area contributed by atoms with E-state index in [-0.39, 0.29) is 22.1 Å². The highest BCUT2D eigenvalue weighted by atomic mass is 32.2. The number of aryl methyl sites for hydroxylation is 2. The number of carbonyl (C=O) groups excluding carboxylic acids is 1. The zero-order chi connectivity index (χ0) is 18.6. The molecule has 0 N–H and O–H groups in total. The number of benzene rings is 2. The molecule has 2 atom stereocenters. The third-order valence-electron chi connectivity index (χ3n) is 5.13. The van der Waals surface area contributed by atoms with Gasteiger partial charge in [0.15, 0.2) is 5.11 Å². The Morgan fingerprint density at radius 2 is 1.50 bits per heavy atom. The van der Waals surface area contributed by atoms with E-state index in [9.17, 15) is 4.79 Å². The lowest BCUT2D eigenvalue weighted by Crippen LogP contribution is -2.41. The fourth-order valence-electron chi connectivity index (χ4n) is 3.73. The summed E-state index contributed by atoms with van der Waals surface area (Å²) in [4.78, 5) is 17.2. The maximum Gasteiger partial charge on any atom is 0.257 e. The average molecular weight is 383 g/mol. The topological polar surface area (TPSA) is 23.6 Å². The van der Waals surface area contributed by atoms with Crippen molar-refractivity contribution >= 4 is 40.7 Å². The van der Waals surface area contributed by atoms with E-state index in [1.807, 2.05) is 43.0 Å². The maximum absolute atomic E-state index is 13.3. The van der Waals surface area contributed by atoms with Gasteiger partial charge < -0.3 is 4.90 Å². The summed E-state index contributed by atoms with van der Waals surface area (Å²) in [5.74, 6) is 0.0750. The molecule has 26 heavy (non-hydrogen) atoms. The van der Waals surface area contributed by atoms with Gasteiger partial charge >= 0.3 is 0 Å². The fraction of sp³-hybridized carbons (Fsp3) is 0.333. The van der Waals surface area contributed by atoms with Crippen LogP contribution in [-0.2, 0) is 4.79 Å². The predicted molar refractivity (Wildman–Crippen MR) is 112 cm³/mol. The molecule has 2 saturated heterocycles. The van der Waals surface area contributed by atoms with E-state index in [2.05, 4.69) is 49.9 Å². The molecular weight excluding hydrogens is 360 g/mol. The zero-order valence-corrected chi connectivity index (χ0v) is 17.0. The van der Waals surface area contributed by atoms with Gasteiger partial charge in [0.1, 0.15) is 11.4 Å². The second-order valence-electron chi connectivity index (χ2n) is 7.59. The van der Waals surface area contributed by atoms with Crippen LogP contribution in [0.1, 0.15) is 35.9 Å². The van der Waals surface area contributed by atoms with Crippen molar-refractivity contribution in [2.24, 2.45) is 0 Å². The summed E-state index contributed by atoms with van der Waals surface area (Å²) >= 11 is 7.61. The number of hydrogen-bond donors (Lipinski definition) is 0. The van der Waals surface area contributed by atoms with Crippen molar-refractivity contribution in [3.63, 3.8) is 0 Å². The van der Waals surface area contributed by atoms with Gasteiger partial charge in [-0.3, -0.25) is 9.69 Å². The minimum Gasteiger partial charge on any atom is -0.319 e. The summed E-state index contributed by atoms with van der Waals surface area (Å²) in [6.07, 6.45) is 0. The van der Waals surface area contributed by atoms with Gasteiger partial charge in [-0.2, -0.15) is 0 Å². The van der Waals surface area contributed by atoms with E-state index < -0.39 is 0 Å². The molecule has 2 aliphatic heterocycles. The van der Waals surface area contributed by atoms with Crippen LogP contribution in [0.25, 0.3) is 0 Å². The van der Waals surface area contributed by atoms with E-state index >= 15 is 0 Å². The van der Waals surface area contributed by atoms with Crippen LogP contribution in [0, 0.1) is 13.8 Å². The lowest BCUT2D eigenvalue weighted by Gasteiger charge is -2.25. The number of fused-ring (bicyclic) bond motifs is 1. The van der Waals surface area contributed by atoms with Crippen LogP contribution in [0.15, 0.2) is 48.5 Å². The molecule has 5 heteroatoms. The molecule has 2 fully saturated rings. The number of amides is 1. The van der Waals surface area contributed by atoms with Gasteiger partial charge in [0.25, 0.3) is 5.91 Å². The van der Waals surface area contributed by atoms with Gasteiger partial charge in [0, 0.05) is 4.75 Å². The molecule has 0 bridgehead atoms. The van der Waals surface area contributed by atoms with Crippen molar-refractivity contribution in [3.8, 4) is 0 Å². The molecule has 2 aromatic rings. The van der Waals surface area contributed by atoms with Gasteiger partial charge in [0.2, 0.25) is 0 Å². The molecule has 2 aromatic carbocycles. The van der Waals surface area contributed by atoms with Crippen molar-refractivity contribution in [2.45, 2.75) is 43.9 Å². The van der Waals surface area contributed by atoms with Crippen molar-refractivity contribution < 1.29 is 4.79 Å². The molecule has 3 nitrogen and oxygen atoms in total. The van der Waals surface area contributed by atoms with Crippen molar-refractivity contribution in [1.82, 2.24) is 4.90 Å². The Bertz CT molecular complexity index is 874. The first-order chi connectivity index (χ1) is 12.3. The van der Waals surface area contributed by atoms with E-state index in [0.717, 1.165) is 5.69 Å². The van der Waals surface area contributed by atoms with E-state index in [4.69, 9.17) is 12.2 Å². The van der Waals surface area contributed by atoms with Crippen LogP contribution in [0.3, 0.4) is 0 Å². The normalized spacial score (nSPS) is 24.3. The Kier molecular flexibility index (Phi) is 4.12. The highest BCUT2D eigenvalue weighted by molar-refractivity contribution is 8.01. The number of hydrogen-bond acceptors (Lipinski definition) is 3. The summed E-state index contributed by atoms with van der Waals surface area (Å²) in [5, 5.41) is 0.662. The molecule has 134 valence electrons. The molecule has 2 heterocycles. The molecule has 4 rings (SSSR count). The molecule has 0 aliphatic carbocycles. The van der Waals surface area contributed by atoms with Crippen molar-refractivity contribution in [2.75, 3.05) is 4.90 Å². The maximum atomic E-state index is 13.3. The number of thiocarbonyl (C=S) groups is 1. The lowest BCUT2D eigenvalue weighted by atomic mass is 10.0. The summed E-state index contributed by atoms with van der Waals surface area (Å²) < 4.78 is -0.212. The zero-order valence-electron chi connectivity index (χ0n) is 15.4. The highest BCUT2D eigenvalue weighted by Gasteiger charge is 2.59. The van der Waals surface area contributed by atoms with Crippen LogP contribution >= 0.6 is 24.0 Å². The number of nitrogens with zero attached hydrogens (tertiary/aromatic N) is 2. The third-order valence-corrected chi connectivity index (χ3v) is 7.07. The first-order valence-corrected chi connectivity index (χ1v) is 10.1. The fourth-order valence-corrected chi connectivity index (χ4v) is 5.75. The van der Waals surface area contributed by atoms with Gasteiger partial charge in [-0.25, -0.2) is 0 Å². The Morgan fingerprint density at radius 3 is 2.08 bits per heavy atom. The predicted octanol–water partition coefficient (Wildman–Crippen LogP) is 4.83. The Hall–Kier alpha value is -1.85. The largest absolute Gasteiger partial charge is 0.319 e. The van der Waals surface area contributed by atoms with E-state index in [1.54, 1.807) is 4.90 Å². The number of rotatable bonds is 2. The molecular formula is C21H22N2OS2. The van der Waals surface area contributed by atoms with Crippen molar-refractivity contribution in [3.05, 3.63) is 65.2 Å². The number of carbonyl (C=O) groups is 1. The Labute approximate surface area is 164 Å². The first-order valence-electron chi connectivity index (χ1n) is 8.77. The third kappa shape index (κ3) is 2.65. The molecule has 0 aromatic heterocycles. The molecule has 0 spiro atoms. The minimum atomic E-state index is -0.243. The van der Waals surface area contributed by atoms with E-state index in [0.29, 0.717) is 5.11 Å². The molecule has 0 unspecified atom stereocenters. The summed E-state index contributed by atoms with van der Waals surface area (Å²) in [6, 6.07) is 16.3. The van der Waals surface area contributed by atoms with Crippen molar-refractivity contribution in [1.29, 1.82) is 0 Å². The van der Waals surface area contributed by atoms with Crippen LogP contribution in [0.4, 0.5) is 5.69 Å². The number of thioether (sulfide) groups is 1. The van der Waals surface area contributed by atoms with Crippen LogP contribution in [0.5, 0.6) is 0 Å².